The van der Waals surface area contributed by atoms with Gasteiger partial charge in [-0.05, 0) is 25.3 Å². The lowest BCUT2D eigenvalue weighted by atomic mass is 9.94. The number of nitrogens with one attached hydrogen (secondary N) is 1. The molecule has 0 bridgehead atoms. The Balaban J connectivity index is 1.84. The first kappa shape index (κ1) is 13.7. The third-order valence-corrected chi connectivity index (χ3v) is 3.72. The summed E-state index contributed by atoms with van der Waals surface area (Å²) < 4.78 is 5.31. The molecule has 1 aromatic carbocycles. The molecule has 7 heteroatoms. The van der Waals surface area contributed by atoms with Crippen LogP contribution in [0.2, 0.25) is 0 Å². The van der Waals surface area contributed by atoms with E-state index >= 15 is 0 Å². The van der Waals surface area contributed by atoms with Crippen LogP contribution >= 0.6 is 0 Å². The summed E-state index contributed by atoms with van der Waals surface area (Å²) in [5.74, 6) is 1.54. The van der Waals surface area contributed by atoms with Gasteiger partial charge in [-0.15, -0.1) is 0 Å². The lowest BCUT2D eigenvalue weighted by Crippen LogP contribution is -2.30. The van der Waals surface area contributed by atoms with Crippen LogP contribution in [0.1, 0.15) is 31.7 Å². The zero-order chi connectivity index (χ0) is 14.8. The van der Waals surface area contributed by atoms with Crippen LogP contribution in [0.3, 0.4) is 0 Å². The molecule has 1 N–H and O–H groups in total. The maximum atomic E-state index is 10.8. The number of nitro groups is 1. The standard InChI is InChI=1S/C14H16N4O3/c1-9-5-6-15-12(7-9)14-16-13(17-21-14)10-3-2-4-11(8-10)18(19)20/h2-4,8-9,12,15H,5-7H2,1H3. The summed E-state index contributed by atoms with van der Waals surface area (Å²) in [4.78, 5) is 14.7. The first-order valence-corrected chi connectivity index (χ1v) is 6.95. The lowest BCUT2D eigenvalue weighted by Gasteiger charge is -2.25. The quantitative estimate of drug-likeness (QED) is 0.689. The van der Waals surface area contributed by atoms with E-state index in [0.717, 1.165) is 19.4 Å². The number of hydrogen-bond donors (Lipinski definition) is 1. The van der Waals surface area contributed by atoms with Gasteiger partial charge in [0.05, 0.1) is 11.0 Å². The van der Waals surface area contributed by atoms with Gasteiger partial charge < -0.3 is 9.84 Å². The number of piperidine rings is 1. The number of benzene rings is 1. The Morgan fingerprint density at radius 1 is 1.48 bits per heavy atom. The maximum Gasteiger partial charge on any atom is 0.270 e. The van der Waals surface area contributed by atoms with Gasteiger partial charge in [0.2, 0.25) is 11.7 Å². The van der Waals surface area contributed by atoms with E-state index in [0.29, 0.717) is 23.2 Å². The van der Waals surface area contributed by atoms with Crippen LogP contribution in [0.4, 0.5) is 5.69 Å². The van der Waals surface area contributed by atoms with Crippen molar-refractivity contribution in [1.82, 2.24) is 15.5 Å². The van der Waals surface area contributed by atoms with Crippen LogP contribution in [0.5, 0.6) is 0 Å². The third kappa shape index (κ3) is 2.92. The Kier molecular flexibility index (Phi) is 3.66. The zero-order valence-electron chi connectivity index (χ0n) is 11.7. The fourth-order valence-corrected chi connectivity index (χ4v) is 2.55. The number of non-ortho nitro benzene ring substituents is 1. The van der Waals surface area contributed by atoms with E-state index < -0.39 is 4.92 Å². The predicted octanol–water partition coefficient (Wildman–Crippen LogP) is 2.71. The number of aromatic nitrogens is 2. The highest BCUT2D eigenvalue weighted by Gasteiger charge is 2.25. The molecular weight excluding hydrogens is 272 g/mol. The SMILES string of the molecule is CC1CCNC(c2nc(-c3cccc([N+](=O)[O-])c3)no2)C1. The first-order valence-electron chi connectivity index (χ1n) is 6.95. The Bertz CT molecular complexity index is 655. The molecule has 0 amide bonds. The molecule has 7 nitrogen and oxygen atoms in total. The highest BCUT2D eigenvalue weighted by atomic mass is 16.6. The van der Waals surface area contributed by atoms with Gasteiger partial charge in [-0.1, -0.05) is 24.2 Å². The second kappa shape index (κ2) is 5.61. The topological polar surface area (TPSA) is 94.1 Å². The van der Waals surface area contributed by atoms with E-state index in [2.05, 4.69) is 22.4 Å². The van der Waals surface area contributed by atoms with Gasteiger partial charge in [0.1, 0.15) is 0 Å². The molecule has 1 aliphatic heterocycles. The van der Waals surface area contributed by atoms with Crippen molar-refractivity contribution in [2.75, 3.05) is 6.54 Å². The van der Waals surface area contributed by atoms with Crippen LogP contribution in [-0.2, 0) is 0 Å². The van der Waals surface area contributed by atoms with Gasteiger partial charge in [0.25, 0.3) is 5.69 Å². The van der Waals surface area contributed by atoms with E-state index in [9.17, 15) is 10.1 Å². The molecule has 2 heterocycles. The molecule has 2 aromatic rings. The molecule has 0 aliphatic carbocycles. The molecule has 2 atom stereocenters. The van der Waals surface area contributed by atoms with E-state index in [1.54, 1.807) is 12.1 Å². The van der Waals surface area contributed by atoms with Crippen LogP contribution in [-0.4, -0.2) is 21.6 Å². The summed E-state index contributed by atoms with van der Waals surface area (Å²) in [5.41, 5.74) is 0.603. The molecule has 2 unspecified atom stereocenters. The van der Waals surface area contributed by atoms with Crippen molar-refractivity contribution in [3.63, 3.8) is 0 Å². The van der Waals surface area contributed by atoms with Crippen LogP contribution in [0, 0.1) is 16.0 Å². The van der Waals surface area contributed by atoms with E-state index in [1.165, 1.54) is 12.1 Å². The summed E-state index contributed by atoms with van der Waals surface area (Å²) in [5, 5.41) is 18.1. The van der Waals surface area contributed by atoms with Gasteiger partial charge in [-0.2, -0.15) is 4.98 Å². The number of nitrogens with zero attached hydrogens (tertiary/aromatic N) is 3. The summed E-state index contributed by atoms with van der Waals surface area (Å²) in [6.45, 7) is 3.13. The molecule has 110 valence electrons. The average molecular weight is 288 g/mol. The maximum absolute atomic E-state index is 10.8. The van der Waals surface area contributed by atoms with Gasteiger partial charge in [0.15, 0.2) is 0 Å². The van der Waals surface area contributed by atoms with E-state index in [4.69, 9.17) is 4.52 Å². The third-order valence-electron chi connectivity index (χ3n) is 3.72. The van der Waals surface area contributed by atoms with Crippen LogP contribution < -0.4 is 5.32 Å². The van der Waals surface area contributed by atoms with Crippen molar-refractivity contribution < 1.29 is 9.45 Å². The van der Waals surface area contributed by atoms with Crippen molar-refractivity contribution in [1.29, 1.82) is 0 Å². The fourth-order valence-electron chi connectivity index (χ4n) is 2.55. The number of nitro benzene ring substituents is 1. The normalized spacial score (nSPS) is 22.1. The minimum atomic E-state index is -0.436. The summed E-state index contributed by atoms with van der Waals surface area (Å²) in [7, 11) is 0. The highest BCUT2D eigenvalue weighted by Crippen LogP contribution is 2.28. The molecule has 0 radical (unpaired) electrons. The summed E-state index contributed by atoms with van der Waals surface area (Å²) >= 11 is 0. The minimum Gasteiger partial charge on any atom is -0.337 e. The van der Waals surface area contributed by atoms with Crippen molar-refractivity contribution in [3.05, 3.63) is 40.3 Å². The highest BCUT2D eigenvalue weighted by molar-refractivity contribution is 5.58. The second-order valence-electron chi connectivity index (χ2n) is 5.40. The molecule has 3 rings (SSSR count). The molecule has 21 heavy (non-hydrogen) atoms. The van der Waals surface area contributed by atoms with Crippen molar-refractivity contribution in [2.24, 2.45) is 5.92 Å². The zero-order valence-corrected chi connectivity index (χ0v) is 11.7. The fraction of sp³-hybridized carbons (Fsp3) is 0.429. The Hall–Kier alpha value is -2.28. The second-order valence-corrected chi connectivity index (χ2v) is 5.40. The van der Waals surface area contributed by atoms with Gasteiger partial charge >= 0.3 is 0 Å². The van der Waals surface area contributed by atoms with Crippen molar-refractivity contribution in [3.8, 4) is 11.4 Å². The van der Waals surface area contributed by atoms with Crippen LogP contribution in [0.25, 0.3) is 11.4 Å². The molecule has 1 saturated heterocycles. The molecule has 1 aliphatic rings. The number of rotatable bonds is 3. The Morgan fingerprint density at radius 2 is 2.33 bits per heavy atom. The molecule has 0 spiro atoms. The molecule has 1 aromatic heterocycles. The Morgan fingerprint density at radius 3 is 3.10 bits per heavy atom. The first-order chi connectivity index (χ1) is 10.1. The van der Waals surface area contributed by atoms with Crippen molar-refractivity contribution >= 4 is 5.69 Å². The van der Waals surface area contributed by atoms with Crippen molar-refractivity contribution in [2.45, 2.75) is 25.8 Å². The van der Waals surface area contributed by atoms with Gasteiger partial charge in [-0.25, -0.2) is 0 Å². The largest absolute Gasteiger partial charge is 0.337 e. The van der Waals surface area contributed by atoms with Gasteiger partial charge in [0, 0.05) is 17.7 Å². The minimum absolute atomic E-state index is 0.0169. The van der Waals surface area contributed by atoms with E-state index in [-0.39, 0.29) is 11.7 Å². The number of hydrogen-bond acceptors (Lipinski definition) is 6. The predicted molar refractivity (Wildman–Crippen MR) is 75.5 cm³/mol. The van der Waals surface area contributed by atoms with Crippen LogP contribution in [0.15, 0.2) is 28.8 Å². The Labute approximate surface area is 121 Å². The molecule has 0 saturated carbocycles. The molecule has 1 fully saturated rings. The average Bonchev–Trinajstić information content (AvgIpc) is 2.97. The molecular formula is C14H16N4O3. The van der Waals surface area contributed by atoms with E-state index in [1.807, 2.05) is 0 Å². The monoisotopic (exact) mass is 288 g/mol. The van der Waals surface area contributed by atoms with Gasteiger partial charge in [-0.3, -0.25) is 10.1 Å². The smallest absolute Gasteiger partial charge is 0.270 e. The summed E-state index contributed by atoms with van der Waals surface area (Å²) in [6.07, 6.45) is 2.10. The summed E-state index contributed by atoms with van der Waals surface area (Å²) in [6, 6.07) is 6.30. The lowest BCUT2D eigenvalue weighted by molar-refractivity contribution is -0.384.